The average molecular weight is 441 g/mol. The van der Waals surface area contributed by atoms with E-state index in [1.165, 1.54) is 31.4 Å². The van der Waals surface area contributed by atoms with Crippen molar-refractivity contribution in [2.75, 3.05) is 17.7 Å². The molecule has 0 aliphatic carbocycles. The van der Waals surface area contributed by atoms with Gasteiger partial charge in [0.25, 0.3) is 5.91 Å². The minimum atomic E-state index is -4.55. The molecule has 10 heteroatoms. The van der Waals surface area contributed by atoms with Crippen LogP contribution in [0.4, 0.5) is 24.7 Å². The normalized spacial score (nSPS) is 17.6. The lowest BCUT2D eigenvalue weighted by Gasteiger charge is -2.34. The molecule has 0 saturated carbocycles. The molecule has 2 N–H and O–H groups in total. The van der Waals surface area contributed by atoms with Crippen LogP contribution in [0.5, 0.6) is 5.75 Å². The fraction of sp³-hybridized carbons (Fsp3) is 0.227. The number of hydrogen-bond acceptors (Lipinski definition) is 5. The first-order valence-corrected chi connectivity index (χ1v) is 9.66. The quantitative estimate of drug-likeness (QED) is 0.614. The van der Waals surface area contributed by atoms with E-state index >= 15 is 0 Å². The maximum atomic E-state index is 13.8. The lowest BCUT2D eigenvalue weighted by atomic mass is 9.96. The Bertz CT molecular complexity index is 1180. The maximum absolute atomic E-state index is 13.8. The molecule has 0 bridgehead atoms. The average Bonchev–Trinajstić information content (AvgIpc) is 3.22. The number of nitriles is 1. The van der Waals surface area contributed by atoms with Crippen molar-refractivity contribution in [2.24, 2.45) is 0 Å². The Hall–Kier alpha value is -4.00. The molecule has 0 saturated heterocycles. The Morgan fingerprint density at radius 1 is 1.28 bits per heavy atom. The van der Waals surface area contributed by atoms with Crippen molar-refractivity contribution in [3.63, 3.8) is 0 Å². The SMILES string of the molecule is COc1cccc([C@@H]2C[C@@H](C(F)(F)F)n3ncc(C(=O)Nc4ccc(C#N)cc4)c3N2)c1. The summed E-state index contributed by atoms with van der Waals surface area (Å²) >= 11 is 0. The number of fused-ring (bicyclic) bond motifs is 1. The van der Waals surface area contributed by atoms with E-state index < -0.39 is 24.2 Å². The molecule has 1 aliphatic rings. The number of benzene rings is 2. The number of nitrogens with one attached hydrogen (secondary N) is 2. The van der Waals surface area contributed by atoms with E-state index in [2.05, 4.69) is 15.7 Å². The van der Waals surface area contributed by atoms with Gasteiger partial charge in [-0.25, -0.2) is 4.68 Å². The van der Waals surface area contributed by atoms with Crippen LogP contribution < -0.4 is 15.4 Å². The van der Waals surface area contributed by atoms with Crippen LogP contribution in [-0.4, -0.2) is 29.0 Å². The molecule has 4 rings (SSSR count). The number of halogens is 3. The Balaban J connectivity index is 1.67. The van der Waals surface area contributed by atoms with Gasteiger partial charge < -0.3 is 15.4 Å². The lowest BCUT2D eigenvalue weighted by Crippen LogP contribution is -2.36. The first-order chi connectivity index (χ1) is 15.3. The van der Waals surface area contributed by atoms with Gasteiger partial charge in [-0.1, -0.05) is 12.1 Å². The largest absolute Gasteiger partial charge is 0.497 e. The minimum absolute atomic E-state index is 0.0162. The molecule has 0 radical (unpaired) electrons. The second-order valence-corrected chi connectivity index (χ2v) is 7.26. The summed E-state index contributed by atoms with van der Waals surface area (Å²) < 4.78 is 47.5. The van der Waals surface area contributed by atoms with Crippen molar-refractivity contribution in [1.82, 2.24) is 9.78 Å². The summed E-state index contributed by atoms with van der Waals surface area (Å²) in [7, 11) is 1.48. The number of amides is 1. The number of aromatic nitrogens is 2. The highest BCUT2D eigenvalue weighted by Crippen LogP contribution is 2.44. The number of carbonyl (C=O) groups excluding carboxylic acids is 1. The molecule has 0 spiro atoms. The van der Waals surface area contributed by atoms with Crippen molar-refractivity contribution >= 4 is 17.4 Å². The Morgan fingerprint density at radius 3 is 2.69 bits per heavy atom. The van der Waals surface area contributed by atoms with Gasteiger partial charge in [0.2, 0.25) is 0 Å². The molecule has 1 amide bonds. The van der Waals surface area contributed by atoms with E-state index in [1.54, 1.807) is 24.3 Å². The second-order valence-electron chi connectivity index (χ2n) is 7.26. The fourth-order valence-corrected chi connectivity index (χ4v) is 3.63. The summed E-state index contributed by atoms with van der Waals surface area (Å²) in [5.74, 6) is -0.112. The van der Waals surface area contributed by atoms with E-state index in [1.807, 2.05) is 6.07 Å². The molecule has 2 aromatic carbocycles. The standard InChI is InChI=1S/C22H18F3N5O2/c1-32-16-4-2-3-14(9-16)18-10-19(22(23,24)25)30-20(29-18)17(12-27-30)21(31)28-15-7-5-13(11-26)6-8-15/h2-9,12,18-19,29H,10H2,1H3,(H,28,31)/t18-,19-/m0/s1. The van der Waals surface area contributed by atoms with Crippen molar-refractivity contribution in [3.8, 4) is 11.8 Å². The molecule has 0 unspecified atom stereocenters. The first-order valence-electron chi connectivity index (χ1n) is 9.66. The topological polar surface area (TPSA) is 92.0 Å². The number of carbonyl (C=O) groups is 1. The molecule has 3 aromatic rings. The molecular weight excluding hydrogens is 423 g/mol. The van der Waals surface area contributed by atoms with Gasteiger partial charge in [0.15, 0.2) is 6.04 Å². The van der Waals surface area contributed by atoms with E-state index in [0.717, 1.165) is 10.9 Å². The third-order valence-corrected chi connectivity index (χ3v) is 5.25. The summed E-state index contributed by atoms with van der Waals surface area (Å²) in [6.07, 6.45) is -3.73. The minimum Gasteiger partial charge on any atom is -0.497 e. The van der Waals surface area contributed by atoms with E-state index in [9.17, 15) is 18.0 Å². The zero-order chi connectivity index (χ0) is 22.9. The van der Waals surface area contributed by atoms with Gasteiger partial charge >= 0.3 is 6.18 Å². The predicted octanol–water partition coefficient (Wildman–Crippen LogP) is 4.68. The number of nitrogens with zero attached hydrogens (tertiary/aromatic N) is 3. The van der Waals surface area contributed by atoms with Crippen LogP contribution in [0, 0.1) is 11.3 Å². The predicted molar refractivity (Wildman–Crippen MR) is 110 cm³/mol. The highest BCUT2D eigenvalue weighted by atomic mass is 19.4. The van der Waals surface area contributed by atoms with Crippen molar-refractivity contribution in [3.05, 3.63) is 71.4 Å². The zero-order valence-corrected chi connectivity index (χ0v) is 16.8. The number of anilines is 2. The van der Waals surface area contributed by atoms with Crippen LogP contribution in [0.25, 0.3) is 0 Å². The number of alkyl halides is 3. The van der Waals surface area contributed by atoms with Crippen molar-refractivity contribution in [2.45, 2.75) is 24.7 Å². The summed E-state index contributed by atoms with van der Waals surface area (Å²) in [4.78, 5) is 12.8. The molecule has 0 fully saturated rings. The molecule has 32 heavy (non-hydrogen) atoms. The van der Waals surface area contributed by atoms with Crippen LogP contribution in [0.15, 0.2) is 54.7 Å². The molecule has 2 heterocycles. The number of ether oxygens (including phenoxy) is 1. The van der Waals surface area contributed by atoms with Gasteiger partial charge in [-0.2, -0.15) is 23.5 Å². The van der Waals surface area contributed by atoms with Gasteiger partial charge in [0.1, 0.15) is 17.1 Å². The van der Waals surface area contributed by atoms with Gasteiger partial charge in [0, 0.05) is 12.1 Å². The van der Waals surface area contributed by atoms with Crippen LogP contribution in [0.2, 0.25) is 0 Å². The third kappa shape index (κ3) is 4.09. The van der Waals surface area contributed by atoms with Crippen LogP contribution in [-0.2, 0) is 0 Å². The molecule has 7 nitrogen and oxygen atoms in total. The Labute approximate surface area is 181 Å². The van der Waals surface area contributed by atoms with Crippen LogP contribution >= 0.6 is 0 Å². The van der Waals surface area contributed by atoms with Crippen molar-refractivity contribution in [1.29, 1.82) is 5.26 Å². The van der Waals surface area contributed by atoms with Gasteiger partial charge in [-0.3, -0.25) is 4.79 Å². The van der Waals surface area contributed by atoms with E-state index in [-0.39, 0.29) is 17.8 Å². The van der Waals surface area contributed by atoms with Crippen molar-refractivity contribution < 1.29 is 22.7 Å². The molecular formula is C22H18F3N5O2. The highest BCUT2D eigenvalue weighted by Gasteiger charge is 2.47. The van der Waals surface area contributed by atoms with Crippen LogP contribution in [0.3, 0.4) is 0 Å². The summed E-state index contributed by atoms with van der Waals surface area (Å²) in [5, 5.41) is 18.4. The van der Waals surface area contributed by atoms with E-state index in [0.29, 0.717) is 22.6 Å². The Morgan fingerprint density at radius 2 is 2.03 bits per heavy atom. The summed E-state index contributed by atoms with van der Waals surface area (Å²) in [6.45, 7) is 0. The summed E-state index contributed by atoms with van der Waals surface area (Å²) in [6, 6.07) is 12.3. The number of hydrogen-bond donors (Lipinski definition) is 2. The first kappa shape index (κ1) is 21.2. The van der Waals surface area contributed by atoms with Gasteiger partial charge in [-0.05, 0) is 42.0 Å². The molecule has 2 atom stereocenters. The van der Waals surface area contributed by atoms with Crippen LogP contribution in [0.1, 0.15) is 40.0 Å². The second kappa shape index (κ2) is 8.26. The smallest absolute Gasteiger partial charge is 0.410 e. The summed E-state index contributed by atoms with van der Waals surface area (Å²) in [5.41, 5.74) is 1.41. The molecule has 1 aromatic heterocycles. The van der Waals surface area contributed by atoms with Gasteiger partial charge in [-0.15, -0.1) is 0 Å². The van der Waals surface area contributed by atoms with E-state index in [4.69, 9.17) is 10.00 Å². The monoisotopic (exact) mass is 441 g/mol. The maximum Gasteiger partial charge on any atom is 0.410 e. The fourth-order valence-electron chi connectivity index (χ4n) is 3.63. The zero-order valence-electron chi connectivity index (χ0n) is 16.8. The number of methoxy groups -OCH3 is 1. The molecule has 164 valence electrons. The Kier molecular flexibility index (Phi) is 5.48. The highest BCUT2D eigenvalue weighted by molar-refractivity contribution is 6.07. The van der Waals surface area contributed by atoms with Gasteiger partial charge in [0.05, 0.1) is 31.0 Å². The third-order valence-electron chi connectivity index (χ3n) is 5.25. The molecule has 1 aliphatic heterocycles. The lowest BCUT2D eigenvalue weighted by molar-refractivity contribution is -0.173. The number of rotatable bonds is 4.